The molecule has 3 aromatic rings. The highest BCUT2D eigenvalue weighted by Crippen LogP contribution is 2.40. The van der Waals surface area contributed by atoms with E-state index in [1.165, 1.54) is 5.56 Å². The second-order valence-electron chi connectivity index (χ2n) is 8.45. The molecule has 0 saturated carbocycles. The first-order valence-corrected chi connectivity index (χ1v) is 12.6. The highest BCUT2D eigenvalue weighted by Gasteiger charge is 2.40. The van der Waals surface area contributed by atoms with Crippen molar-refractivity contribution in [3.05, 3.63) is 71.1 Å². The molecule has 0 aliphatic carbocycles. The molecule has 1 heterocycles. The molecule has 1 aromatic heterocycles. The minimum atomic E-state index is -2.01. The zero-order valence-electron chi connectivity index (χ0n) is 16.7. The number of halogens is 1. The molecular formula is C22H27ClN2OSi. The molecule has 0 N–H and O–H groups in total. The van der Waals surface area contributed by atoms with Gasteiger partial charge >= 0.3 is 0 Å². The van der Waals surface area contributed by atoms with E-state index in [4.69, 9.17) is 21.0 Å². The van der Waals surface area contributed by atoms with Crippen molar-refractivity contribution < 1.29 is 4.43 Å². The van der Waals surface area contributed by atoms with Gasteiger partial charge in [-0.05, 0) is 35.8 Å². The average Bonchev–Trinajstić information content (AvgIpc) is 2.61. The maximum atomic E-state index is 6.75. The van der Waals surface area contributed by atoms with Crippen molar-refractivity contribution in [2.75, 3.05) is 0 Å². The molecule has 2 aromatic carbocycles. The van der Waals surface area contributed by atoms with Gasteiger partial charge in [-0.1, -0.05) is 74.8 Å². The van der Waals surface area contributed by atoms with E-state index in [0.29, 0.717) is 11.0 Å². The summed E-state index contributed by atoms with van der Waals surface area (Å²) in [6.45, 7) is 11.2. The smallest absolute Gasteiger partial charge is 0.193 e. The standard InChI is InChI=1S/C22H27ClN2OSi/c1-22(2,3)27(4,5)26-19(15-16-11-7-6-8-12-16)21-24-18-14-10-9-13-17(18)20(23)25-21/h6-14,19H,15H2,1-5H3/t19-/m0/s1. The Kier molecular flexibility index (Phi) is 5.70. The number of benzene rings is 2. The van der Waals surface area contributed by atoms with Gasteiger partial charge in [-0.15, -0.1) is 0 Å². The van der Waals surface area contributed by atoms with Crippen molar-refractivity contribution >= 4 is 30.8 Å². The first-order chi connectivity index (χ1) is 12.7. The van der Waals surface area contributed by atoms with E-state index >= 15 is 0 Å². The van der Waals surface area contributed by atoms with Crippen molar-refractivity contribution in [1.29, 1.82) is 0 Å². The van der Waals surface area contributed by atoms with Gasteiger partial charge in [-0.2, -0.15) is 0 Å². The van der Waals surface area contributed by atoms with E-state index in [0.717, 1.165) is 17.3 Å². The van der Waals surface area contributed by atoms with Crippen LogP contribution in [-0.2, 0) is 10.8 Å². The molecule has 5 heteroatoms. The quantitative estimate of drug-likeness (QED) is 0.359. The monoisotopic (exact) mass is 398 g/mol. The Hall–Kier alpha value is -1.75. The first-order valence-electron chi connectivity index (χ1n) is 9.31. The SMILES string of the molecule is CC(C)(C)[Si](C)(C)O[C@@H](Cc1ccccc1)c1nc(Cl)c2ccccc2n1. The minimum absolute atomic E-state index is 0.0998. The lowest BCUT2D eigenvalue weighted by Crippen LogP contribution is -2.42. The molecule has 0 saturated heterocycles. The van der Waals surface area contributed by atoms with Gasteiger partial charge in [0.1, 0.15) is 11.3 Å². The predicted octanol–water partition coefficient (Wildman–Crippen LogP) is 6.59. The molecule has 0 aliphatic rings. The highest BCUT2D eigenvalue weighted by atomic mass is 35.5. The third-order valence-corrected chi connectivity index (χ3v) is 10.1. The summed E-state index contributed by atoms with van der Waals surface area (Å²) in [5.74, 6) is 0.660. The topological polar surface area (TPSA) is 35.0 Å². The molecule has 0 fully saturated rings. The predicted molar refractivity (Wildman–Crippen MR) is 116 cm³/mol. The number of fused-ring (bicyclic) bond motifs is 1. The van der Waals surface area contributed by atoms with Gasteiger partial charge in [0.25, 0.3) is 0 Å². The molecule has 142 valence electrons. The van der Waals surface area contributed by atoms with Crippen LogP contribution in [0.5, 0.6) is 0 Å². The van der Waals surface area contributed by atoms with Gasteiger partial charge in [0.2, 0.25) is 0 Å². The van der Waals surface area contributed by atoms with E-state index in [2.05, 4.69) is 51.0 Å². The zero-order valence-corrected chi connectivity index (χ0v) is 18.4. The van der Waals surface area contributed by atoms with Gasteiger partial charge in [0.15, 0.2) is 14.1 Å². The molecule has 3 rings (SSSR count). The number of hydrogen-bond acceptors (Lipinski definition) is 3. The number of rotatable bonds is 5. The second-order valence-corrected chi connectivity index (χ2v) is 13.6. The van der Waals surface area contributed by atoms with E-state index in [-0.39, 0.29) is 11.1 Å². The van der Waals surface area contributed by atoms with Crippen molar-refractivity contribution in [2.24, 2.45) is 0 Å². The highest BCUT2D eigenvalue weighted by molar-refractivity contribution is 6.74. The van der Waals surface area contributed by atoms with Crippen LogP contribution in [0.2, 0.25) is 23.3 Å². The first kappa shape index (κ1) is 20.0. The average molecular weight is 399 g/mol. The zero-order chi connectivity index (χ0) is 19.7. The van der Waals surface area contributed by atoms with Gasteiger partial charge in [-0.3, -0.25) is 0 Å². The Morgan fingerprint density at radius 2 is 1.59 bits per heavy atom. The van der Waals surface area contributed by atoms with Crippen LogP contribution in [0.4, 0.5) is 0 Å². The van der Waals surface area contributed by atoms with Crippen LogP contribution < -0.4 is 0 Å². The lowest BCUT2D eigenvalue weighted by atomic mass is 10.1. The molecule has 0 aliphatic heterocycles. The van der Waals surface area contributed by atoms with Crippen LogP contribution in [0.15, 0.2) is 54.6 Å². The largest absolute Gasteiger partial charge is 0.406 e. The molecule has 3 nitrogen and oxygen atoms in total. The summed E-state index contributed by atoms with van der Waals surface area (Å²) >= 11 is 6.48. The van der Waals surface area contributed by atoms with E-state index in [9.17, 15) is 0 Å². The Morgan fingerprint density at radius 3 is 2.26 bits per heavy atom. The van der Waals surface area contributed by atoms with Crippen molar-refractivity contribution in [3.63, 3.8) is 0 Å². The van der Waals surface area contributed by atoms with Crippen LogP contribution in [0.3, 0.4) is 0 Å². The van der Waals surface area contributed by atoms with Gasteiger partial charge < -0.3 is 4.43 Å². The maximum Gasteiger partial charge on any atom is 0.193 e. The number of para-hydroxylation sites is 1. The molecule has 27 heavy (non-hydrogen) atoms. The molecule has 0 amide bonds. The Bertz CT molecular complexity index is 922. The molecule has 0 spiro atoms. The van der Waals surface area contributed by atoms with Crippen LogP contribution in [0, 0.1) is 0 Å². The van der Waals surface area contributed by atoms with Crippen LogP contribution in [0.25, 0.3) is 10.9 Å². The number of nitrogens with zero attached hydrogens (tertiary/aromatic N) is 2. The van der Waals surface area contributed by atoms with E-state index in [1.807, 2.05) is 42.5 Å². The van der Waals surface area contributed by atoms with Crippen LogP contribution >= 0.6 is 11.6 Å². The maximum absolute atomic E-state index is 6.75. The molecule has 1 atom stereocenters. The van der Waals surface area contributed by atoms with Crippen molar-refractivity contribution in [3.8, 4) is 0 Å². The fourth-order valence-corrected chi connectivity index (χ4v) is 4.25. The summed E-state index contributed by atoms with van der Waals surface area (Å²) in [6, 6.07) is 18.2. The molecule has 0 unspecified atom stereocenters. The summed E-state index contributed by atoms with van der Waals surface area (Å²) < 4.78 is 6.75. The summed E-state index contributed by atoms with van der Waals surface area (Å²) in [4.78, 5) is 9.42. The lowest BCUT2D eigenvalue weighted by molar-refractivity contribution is 0.175. The Balaban J connectivity index is 2.04. The Labute approximate surface area is 167 Å². The summed E-state index contributed by atoms with van der Waals surface area (Å²) in [6.07, 6.45) is 0.498. The van der Waals surface area contributed by atoms with E-state index in [1.54, 1.807) is 0 Å². The molecular weight excluding hydrogens is 372 g/mol. The second kappa shape index (κ2) is 7.70. The minimum Gasteiger partial charge on any atom is -0.406 e. The third kappa shape index (κ3) is 4.57. The number of hydrogen-bond donors (Lipinski definition) is 0. The van der Waals surface area contributed by atoms with Crippen LogP contribution in [0.1, 0.15) is 38.3 Å². The Morgan fingerprint density at radius 1 is 0.963 bits per heavy atom. The van der Waals surface area contributed by atoms with Crippen molar-refractivity contribution in [1.82, 2.24) is 9.97 Å². The molecule has 0 bridgehead atoms. The normalized spacial score (nSPS) is 13.7. The van der Waals surface area contributed by atoms with Gasteiger partial charge in [0, 0.05) is 11.8 Å². The third-order valence-electron chi connectivity index (χ3n) is 5.37. The van der Waals surface area contributed by atoms with Crippen molar-refractivity contribution in [2.45, 2.75) is 51.4 Å². The van der Waals surface area contributed by atoms with Gasteiger partial charge in [0.05, 0.1) is 5.52 Å². The summed E-state index contributed by atoms with van der Waals surface area (Å²) in [5.41, 5.74) is 2.05. The fourth-order valence-electron chi connectivity index (χ4n) is 2.75. The summed E-state index contributed by atoms with van der Waals surface area (Å²) in [5, 5.41) is 1.45. The number of aromatic nitrogens is 2. The van der Waals surface area contributed by atoms with Gasteiger partial charge in [-0.25, -0.2) is 9.97 Å². The summed E-state index contributed by atoms with van der Waals surface area (Å²) in [7, 11) is -2.01. The molecule has 0 radical (unpaired) electrons. The lowest BCUT2D eigenvalue weighted by Gasteiger charge is -2.39. The fraction of sp³-hybridized carbons (Fsp3) is 0.364. The van der Waals surface area contributed by atoms with Crippen LogP contribution in [-0.4, -0.2) is 18.3 Å². The van der Waals surface area contributed by atoms with E-state index < -0.39 is 8.32 Å².